The fourth-order valence-corrected chi connectivity index (χ4v) is 3.82. The lowest BCUT2D eigenvalue weighted by Gasteiger charge is -2.19. The van der Waals surface area contributed by atoms with Gasteiger partial charge in [0.1, 0.15) is 18.1 Å². The Bertz CT molecular complexity index is 1300. The molecule has 1 aliphatic heterocycles. The Hall–Kier alpha value is -4.46. The molecule has 3 aromatic carbocycles. The van der Waals surface area contributed by atoms with E-state index in [-0.39, 0.29) is 18.4 Å². The minimum absolute atomic E-state index is 0.125. The lowest BCUT2D eigenvalue weighted by Crippen LogP contribution is -2.37. The molecule has 0 bridgehead atoms. The van der Waals surface area contributed by atoms with Gasteiger partial charge in [-0.1, -0.05) is 48.5 Å². The van der Waals surface area contributed by atoms with Gasteiger partial charge in [-0.3, -0.25) is 14.6 Å². The number of anilines is 2. The molecule has 0 radical (unpaired) electrons. The van der Waals surface area contributed by atoms with E-state index in [0.717, 1.165) is 16.8 Å². The van der Waals surface area contributed by atoms with E-state index in [9.17, 15) is 14.4 Å². The van der Waals surface area contributed by atoms with Gasteiger partial charge in [-0.2, -0.15) is 0 Å². The summed E-state index contributed by atoms with van der Waals surface area (Å²) in [7, 11) is 0. The first-order valence-corrected chi connectivity index (χ1v) is 11.6. The van der Waals surface area contributed by atoms with Gasteiger partial charge in [0.15, 0.2) is 0 Å². The van der Waals surface area contributed by atoms with E-state index < -0.39 is 17.6 Å². The number of ether oxygens (including phenoxy) is 1. The Morgan fingerprint density at radius 2 is 1.61 bits per heavy atom. The quantitative estimate of drug-likeness (QED) is 0.428. The summed E-state index contributed by atoms with van der Waals surface area (Å²) in [5.41, 5.74) is 3.69. The maximum absolute atomic E-state index is 12.9. The summed E-state index contributed by atoms with van der Waals surface area (Å²) in [6.45, 7) is 5.02. The second-order valence-electron chi connectivity index (χ2n) is 9.32. The lowest BCUT2D eigenvalue weighted by atomic mass is 9.90. The van der Waals surface area contributed by atoms with Gasteiger partial charge in [-0.05, 0) is 62.2 Å². The number of aliphatic imine (C=N–C) groups is 1. The molecule has 8 nitrogen and oxygen atoms in total. The van der Waals surface area contributed by atoms with Crippen molar-refractivity contribution < 1.29 is 19.1 Å². The summed E-state index contributed by atoms with van der Waals surface area (Å²) >= 11 is 0. The molecule has 3 aromatic rings. The second kappa shape index (κ2) is 10.4. The molecule has 0 saturated heterocycles. The molecule has 3 N–H and O–H groups in total. The number of amides is 3. The molecule has 4 rings (SSSR count). The van der Waals surface area contributed by atoms with E-state index >= 15 is 0 Å². The van der Waals surface area contributed by atoms with Gasteiger partial charge in [-0.15, -0.1) is 0 Å². The van der Waals surface area contributed by atoms with E-state index in [1.54, 1.807) is 45.0 Å². The van der Waals surface area contributed by atoms with Gasteiger partial charge in [0.2, 0.25) is 11.8 Å². The smallest absolute Gasteiger partial charge is 0.408 e. The van der Waals surface area contributed by atoms with Crippen molar-refractivity contribution in [3.63, 3.8) is 0 Å². The van der Waals surface area contributed by atoms with Crippen molar-refractivity contribution in [2.75, 3.05) is 17.2 Å². The Morgan fingerprint density at radius 3 is 2.31 bits per heavy atom. The Morgan fingerprint density at radius 1 is 0.944 bits per heavy atom. The number of nitrogens with one attached hydrogen (secondary N) is 3. The molecule has 0 saturated carbocycles. The van der Waals surface area contributed by atoms with Gasteiger partial charge in [0, 0.05) is 11.4 Å². The number of carbonyl (C=O) groups is 3. The molecule has 0 aliphatic carbocycles. The summed E-state index contributed by atoms with van der Waals surface area (Å²) in [6, 6.07) is 24.2. The highest BCUT2D eigenvalue weighted by atomic mass is 16.6. The summed E-state index contributed by atoms with van der Waals surface area (Å²) < 4.78 is 5.13. The summed E-state index contributed by atoms with van der Waals surface area (Å²) in [6.07, 6.45) is -0.659. The predicted octanol–water partition coefficient (Wildman–Crippen LogP) is 5.01. The van der Waals surface area contributed by atoms with Crippen molar-refractivity contribution in [1.82, 2.24) is 5.32 Å². The van der Waals surface area contributed by atoms with Crippen molar-refractivity contribution >= 4 is 40.7 Å². The van der Waals surface area contributed by atoms with Crippen LogP contribution in [-0.4, -0.2) is 35.8 Å². The van der Waals surface area contributed by atoms with Crippen LogP contribution in [0.4, 0.5) is 21.9 Å². The van der Waals surface area contributed by atoms with E-state index in [1.807, 2.05) is 54.6 Å². The molecule has 3 amide bonds. The van der Waals surface area contributed by atoms with Gasteiger partial charge in [0.25, 0.3) is 0 Å². The summed E-state index contributed by atoms with van der Waals surface area (Å²) in [4.78, 5) is 41.7. The highest BCUT2D eigenvalue weighted by Crippen LogP contribution is 2.36. The SMILES string of the molecule is CC(C)(C)OC(=O)NCC(=O)Nc1ccc(N=C(c2ccccc2)C2C(=O)Nc3ccccc32)cc1. The molecule has 0 fully saturated rings. The standard InChI is InChI=1S/C28H28N4O4/c1-28(2,3)36-27(35)29-17-23(33)30-19-13-15-20(16-14-19)31-25(18-9-5-4-6-10-18)24-21-11-7-8-12-22(21)32-26(24)34/h4-16,24H,17H2,1-3H3,(H,29,35)(H,30,33)(H,32,34). The van der Waals surface area contributed by atoms with Crippen LogP contribution in [0.15, 0.2) is 83.9 Å². The highest BCUT2D eigenvalue weighted by molar-refractivity contribution is 6.24. The third kappa shape index (κ3) is 6.15. The molecular formula is C28H28N4O4. The molecule has 1 unspecified atom stereocenters. The molecule has 0 aromatic heterocycles. The van der Waals surface area contributed by atoms with Crippen LogP contribution in [0.2, 0.25) is 0 Å². The fourth-order valence-electron chi connectivity index (χ4n) is 3.82. The number of carbonyl (C=O) groups excluding carboxylic acids is 3. The minimum atomic E-state index is -0.659. The fraction of sp³-hybridized carbons (Fsp3) is 0.214. The summed E-state index contributed by atoms with van der Waals surface area (Å²) in [5, 5.41) is 8.09. The molecule has 8 heteroatoms. The van der Waals surface area contributed by atoms with Crippen LogP contribution in [0.5, 0.6) is 0 Å². The monoisotopic (exact) mass is 484 g/mol. The topological polar surface area (TPSA) is 109 Å². The van der Waals surface area contributed by atoms with Crippen molar-refractivity contribution in [2.45, 2.75) is 32.3 Å². The molecule has 1 heterocycles. The number of hydrogen-bond donors (Lipinski definition) is 3. The van der Waals surface area contributed by atoms with E-state index in [1.165, 1.54) is 0 Å². The van der Waals surface area contributed by atoms with E-state index in [4.69, 9.17) is 9.73 Å². The van der Waals surface area contributed by atoms with Crippen LogP contribution < -0.4 is 16.0 Å². The van der Waals surface area contributed by atoms with Crippen molar-refractivity contribution in [2.24, 2.45) is 4.99 Å². The third-order valence-corrected chi connectivity index (χ3v) is 5.33. The van der Waals surface area contributed by atoms with Crippen LogP contribution in [-0.2, 0) is 14.3 Å². The second-order valence-corrected chi connectivity index (χ2v) is 9.32. The Balaban J connectivity index is 1.51. The van der Waals surface area contributed by atoms with Crippen LogP contribution in [0.1, 0.15) is 37.8 Å². The maximum atomic E-state index is 12.9. The molecule has 1 atom stereocenters. The first-order chi connectivity index (χ1) is 17.2. The predicted molar refractivity (Wildman–Crippen MR) is 140 cm³/mol. The Kier molecular flexibility index (Phi) is 7.15. The number of alkyl carbamates (subject to hydrolysis) is 1. The number of benzene rings is 3. The molecule has 36 heavy (non-hydrogen) atoms. The largest absolute Gasteiger partial charge is 0.444 e. The van der Waals surface area contributed by atoms with Crippen LogP contribution >= 0.6 is 0 Å². The van der Waals surface area contributed by atoms with E-state index in [2.05, 4.69) is 16.0 Å². The minimum Gasteiger partial charge on any atom is -0.444 e. The number of rotatable bonds is 6. The van der Waals surface area contributed by atoms with Gasteiger partial charge in [-0.25, -0.2) is 4.79 Å². The number of fused-ring (bicyclic) bond motifs is 1. The number of nitrogens with zero attached hydrogens (tertiary/aromatic N) is 1. The van der Waals surface area contributed by atoms with Crippen molar-refractivity contribution in [3.05, 3.63) is 90.0 Å². The highest BCUT2D eigenvalue weighted by Gasteiger charge is 2.35. The Labute approximate surface area is 209 Å². The van der Waals surface area contributed by atoms with Crippen molar-refractivity contribution in [1.29, 1.82) is 0 Å². The van der Waals surface area contributed by atoms with Crippen LogP contribution in [0, 0.1) is 0 Å². The number of para-hydroxylation sites is 1. The first-order valence-electron chi connectivity index (χ1n) is 11.6. The van der Waals surface area contributed by atoms with Gasteiger partial charge < -0.3 is 20.7 Å². The number of hydrogen-bond acceptors (Lipinski definition) is 5. The van der Waals surface area contributed by atoms with Gasteiger partial charge in [0.05, 0.1) is 11.4 Å². The zero-order chi connectivity index (χ0) is 25.7. The van der Waals surface area contributed by atoms with Crippen molar-refractivity contribution in [3.8, 4) is 0 Å². The molecular weight excluding hydrogens is 456 g/mol. The zero-order valence-electron chi connectivity index (χ0n) is 20.4. The average Bonchev–Trinajstić information content (AvgIpc) is 3.17. The zero-order valence-corrected chi connectivity index (χ0v) is 20.4. The maximum Gasteiger partial charge on any atom is 0.408 e. The van der Waals surface area contributed by atoms with E-state index in [0.29, 0.717) is 17.1 Å². The molecule has 184 valence electrons. The van der Waals surface area contributed by atoms with Gasteiger partial charge >= 0.3 is 6.09 Å². The molecule has 1 aliphatic rings. The third-order valence-electron chi connectivity index (χ3n) is 5.33. The lowest BCUT2D eigenvalue weighted by molar-refractivity contribution is -0.116. The average molecular weight is 485 g/mol. The normalized spacial score (nSPS) is 15.0. The van der Waals surface area contributed by atoms with Crippen LogP contribution in [0.25, 0.3) is 0 Å². The molecule has 0 spiro atoms. The first kappa shape index (κ1) is 24.7. The van der Waals surface area contributed by atoms with Crippen LogP contribution in [0.3, 0.4) is 0 Å². The summed E-state index contributed by atoms with van der Waals surface area (Å²) in [5.74, 6) is -1.05.